The Hall–Kier alpha value is -3.82. The molecule has 0 bridgehead atoms. The average molecular weight is 406 g/mol. The predicted molar refractivity (Wildman–Crippen MR) is 111 cm³/mol. The van der Waals surface area contributed by atoms with Crippen LogP contribution in [-0.2, 0) is 7.05 Å². The van der Waals surface area contributed by atoms with Crippen molar-refractivity contribution < 1.29 is 9.59 Å². The van der Waals surface area contributed by atoms with Crippen LogP contribution in [0, 0.1) is 0 Å². The summed E-state index contributed by atoms with van der Waals surface area (Å²) in [5, 5.41) is 10.1. The summed E-state index contributed by atoms with van der Waals surface area (Å²) < 4.78 is 1.46. The van der Waals surface area contributed by atoms with Gasteiger partial charge >= 0.3 is 0 Å². The molecule has 1 fully saturated rings. The third-order valence-corrected chi connectivity index (χ3v) is 4.71. The topological polar surface area (TPSA) is 118 Å². The lowest BCUT2D eigenvalue weighted by Crippen LogP contribution is -2.22. The monoisotopic (exact) mass is 406 g/mol. The second kappa shape index (κ2) is 7.90. The van der Waals surface area contributed by atoms with Gasteiger partial charge in [0, 0.05) is 38.8 Å². The van der Waals surface area contributed by atoms with Crippen molar-refractivity contribution in [2.24, 2.45) is 7.05 Å². The molecule has 1 aliphatic rings. The first-order valence-corrected chi connectivity index (χ1v) is 9.52. The van der Waals surface area contributed by atoms with Crippen molar-refractivity contribution >= 4 is 29.0 Å². The zero-order valence-corrected chi connectivity index (χ0v) is 17.0. The summed E-state index contributed by atoms with van der Waals surface area (Å²) >= 11 is 0. The van der Waals surface area contributed by atoms with Crippen LogP contribution in [0.4, 0.5) is 17.2 Å². The van der Waals surface area contributed by atoms with Crippen LogP contribution in [0.5, 0.6) is 0 Å². The molecule has 0 atom stereocenters. The van der Waals surface area contributed by atoms with Crippen molar-refractivity contribution in [3.63, 3.8) is 0 Å². The summed E-state index contributed by atoms with van der Waals surface area (Å²) in [7, 11) is 4.96. The summed E-state index contributed by atoms with van der Waals surface area (Å²) in [6.45, 7) is 0. The van der Waals surface area contributed by atoms with Gasteiger partial charge in [0.15, 0.2) is 11.4 Å². The van der Waals surface area contributed by atoms with Crippen molar-refractivity contribution in [2.45, 2.75) is 18.8 Å². The zero-order chi connectivity index (χ0) is 21.3. The molecule has 0 unspecified atom stereocenters. The maximum Gasteiger partial charge on any atom is 0.277 e. The van der Waals surface area contributed by atoms with Gasteiger partial charge in [0.05, 0.1) is 23.8 Å². The third kappa shape index (κ3) is 4.12. The van der Waals surface area contributed by atoms with E-state index in [0.29, 0.717) is 23.1 Å². The van der Waals surface area contributed by atoms with Crippen LogP contribution < -0.4 is 10.6 Å². The van der Waals surface area contributed by atoms with Crippen molar-refractivity contribution in [1.82, 2.24) is 29.6 Å². The van der Waals surface area contributed by atoms with Crippen molar-refractivity contribution in [1.29, 1.82) is 0 Å². The molecule has 1 saturated carbocycles. The lowest BCUT2D eigenvalue weighted by atomic mass is 10.2. The molecule has 0 radical (unpaired) electrons. The quantitative estimate of drug-likeness (QED) is 0.644. The Morgan fingerprint density at radius 3 is 2.57 bits per heavy atom. The molecule has 0 spiro atoms. The van der Waals surface area contributed by atoms with E-state index in [1.54, 1.807) is 39.6 Å². The van der Waals surface area contributed by atoms with Gasteiger partial charge in [-0.15, -0.1) is 0 Å². The van der Waals surface area contributed by atoms with Crippen LogP contribution in [0.1, 0.15) is 45.4 Å². The van der Waals surface area contributed by atoms with Crippen LogP contribution in [0.25, 0.3) is 0 Å². The molecule has 2 amide bonds. The molecule has 154 valence electrons. The number of hydrogen-bond acceptors (Lipinski definition) is 7. The molecule has 0 aliphatic heterocycles. The number of nitrogens with one attached hydrogen (secondary N) is 2. The fourth-order valence-corrected chi connectivity index (χ4v) is 2.97. The molecule has 0 saturated heterocycles. The van der Waals surface area contributed by atoms with Crippen molar-refractivity contribution in [2.75, 3.05) is 24.7 Å². The zero-order valence-electron chi connectivity index (χ0n) is 17.0. The van der Waals surface area contributed by atoms with Gasteiger partial charge in [0.1, 0.15) is 12.1 Å². The number of carbonyl (C=O) groups is 2. The van der Waals surface area contributed by atoms with E-state index in [2.05, 4.69) is 30.7 Å². The maximum atomic E-state index is 13.1. The lowest BCUT2D eigenvalue weighted by Gasteiger charge is -2.12. The van der Waals surface area contributed by atoms with Gasteiger partial charge in [-0.2, -0.15) is 5.10 Å². The second-order valence-electron chi connectivity index (χ2n) is 7.35. The van der Waals surface area contributed by atoms with E-state index >= 15 is 0 Å². The molecule has 10 nitrogen and oxygen atoms in total. The Kier molecular flexibility index (Phi) is 5.13. The minimum absolute atomic E-state index is 0.244. The number of aryl methyl sites for hydroxylation is 1. The highest BCUT2D eigenvalue weighted by Gasteiger charge is 2.27. The standard InChI is InChI=1S/C20H22N8O2/c1-27(2)20(30)16-8-17(28(3)26-16)25-19(29)18-15(23-13-9-21-11-22-10-13)7-6-14(24-18)12-4-5-12/h6-12,23H,4-5H2,1-3H3,(H,25,29). The normalized spacial score (nSPS) is 13.0. The molecule has 3 aromatic rings. The Morgan fingerprint density at radius 2 is 1.90 bits per heavy atom. The van der Waals surface area contributed by atoms with Gasteiger partial charge in [-0.05, 0) is 25.0 Å². The van der Waals surface area contributed by atoms with E-state index in [1.165, 1.54) is 15.9 Å². The molecule has 4 rings (SSSR count). The van der Waals surface area contributed by atoms with Crippen LogP contribution in [0.3, 0.4) is 0 Å². The van der Waals surface area contributed by atoms with Crippen LogP contribution >= 0.6 is 0 Å². The van der Waals surface area contributed by atoms with Crippen LogP contribution in [-0.4, -0.2) is 55.5 Å². The summed E-state index contributed by atoms with van der Waals surface area (Å²) in [4.78, 5) is 39.3. The smallest absolute Gasteiger partial charge is 0.277 e. The predicted octanol–water partition coefficient (Wildman–Crippen LogP) is 2.18. The molecule has 3 aromatic heterocycles. The minimum atomic E-state index is -0.399. The Bertz CT molecular complexity index is 1090. The van der Waals surface area contributed by atoms with E-state index in [1.807, 2.05) is 12.1 Å². The highest BCUT2D eigenvalue weighted by Crippen LogP contribution is 2.39. The lowest BCUT2D eigenvalue weighted by molar-refractivity contribution is 0.0821. The fraction of sp³-hybridized carbons (Fsp3) is 0.300. The number of nitrogens with zero attached hydrogens (tertiary/aromatic N) is 6. The molecule has 30 heavy (non-hydrogen) atoms. The van der Waals surface area contributed by atoms with Gasteiger partial charge in [-0.25, -0.2) is 15.0 Å². The Morgan fingerprint density at radius 1 is 1.17 bits per heavy atom. The third-order valence-electron chi connectivity index (χ3n) is 4.71. The molecule has 0 aromatic carbocycles. The minimum Gasteiger partial charge on any atom is -0.351 e. The maximum absolute atomic E-state index is 13.1. The van der Waals surface area contributed by atoms with Gasteiger partial charge in [-0.1, -0.05) is 0 Å². The Labute approximate surface area is 173 Å². The molecule has 3 heterocycles. The molecular weight excluding hydrogens is 384 g/mol. The van der Waals surface area contributed by atoms with Crippen molar-refractivity contribution in [3.05, 3.63) is 54.0 Å². The van der Waals surface area contributed by atoms with E-state index < -0.39 is 5.91 Å². The van der Waals surface area contributed by atoms with Gasteiger partial charge < -0.3 is 15.5 Å². The summed E-state index contributed by atoms with van der Waals surface area (Å²) in [6.07, 6.45) is 6.81. The number of carbonyl (C=O) groups excluding carboxylic acids is 2. The molecular formula is C20H22N8O2. The Balaban J connectivity index is 1.62. The first-order chi connectivity index (χ1) is 14.4. The van der Waals surface area contributed by atoms with Gasteiger partial charge in [0.25, 0.3) is 11.8 Å². The fourth-order valence-electron chi connectivity index (χ4n) is 2.97. The van der Waals surface area contributed by atoms with E-state index in [9.17, 15) is 9.59 Å². The number of aromatic nitrogens is 5. The summed E-state index contributed by atoms with van der Waals surface area (Å²) in [6, 6.07) is 5.31. The number of amides is 2. The number of rotatable bonds is 6. The largest absolute Gasteiger partial charge is 0.351 e. The van der Waals surface area contributed by atoms with E-state index in [4.69, 9.17) is 0 Å². The van der Waals surface area contributed by atoms with Crippen LogP contribution in [0.15, 0.2) is 36.9 Å². The van der Waals surface area contributed by atoms with E-state index in [0.717, 1.165) is 18.5 Å². The molecule has 1 aliphatic carbocycles. The number of hydrogen-bond donors (Lipinski definition) is 2. The average Bonchev–Trinajstić information content (AvgIpc) is 3.52. The van der Waals surface area contributed by atoms with Gasteiger partial charge in [0.2, 0.25) is 0 Å². The molecule has 2 N–H and O–H groups in total. The first kappa shape index (κ1) is 19.5. The highest BCUT2D eigenvalue weighted by atomic mass is 16.2. The SMILES string of the molecule is CN(C)C(=O)c1cc(NC(=O)c2nc(C3CC3)ccc2Nc2cncnc2)n(C)n1. The molecule has 10 heteroatoms. The van der Waals surface area contributed by atoms with Gasteiger partial charge in [-0.3, -0.25) is 14.3 Å². The second-order valence-corrected chi connectivity index (χ2v) is 7.35. The number of anilines is 3. The number of pyridine rings is 1. The summed E-state index contributed by atoms with van der Waals surface area (Å²) in [5.74, 6) is 0.152. The highest BCUT2D eigenvalue weighted by molar-refractivity contribution is 6.07. The van der Waals surface area contributed by atoms with Crippen LogP contribution in [0.2, 0.25) is 0 Å². The first-order valence-electron chi connectivity index (χ1n) is 9.52. The van der Waals surface area contributed by atoms with E-state index in [-0.39, 0.29) is 17.3 Å². The summed E-state index contributed by atoms with van der Waals surface area (Å²) in [5.41, 5.74) is 2.58. The van der Waals surface area contributed by atoms with Crippen molar-refractivity contribution in [3.8, 4) is 0 Å².